The molecule has 152 valence electrons. The van der Waals surface area contributed by atoms with E-state index in [1.165, 1.54) is 6.21 Å². The van der Waals surface area contributed by atoms with Gasteiger partial charge in [-0.05, 0) is 65.7 Å². The van der Waals surface area contributed by atoms with Crippen LogP contribution in [0.3, 0.4) is 0 Å². The number of carbonyl (C=O) groups is 2. The van der Waals surface area contributed by atoms with Crippen LogP contribution in [0.2, 0.25) is 0 Å². The minimum Gasteiger partial charge on any atom is -0.423 e. The molecule has 0 heterocycles. The lowest BCUT2D eigenvalue weighted by Gasteiger charge is -2.07. The van der Waals surface area contributed by atoms with E-state index in [9.17, 15) is 9.59 Å². The molecule has 0 aliphatic carbocycles. The van der Waals surface area contributed by atoms with Gasteiger partial charge in [-0.1, -0.05) is 54.1 Å². The average molecular weight is 408 g/mol. The van der Waals surface area contributed by atoms with Crippen molar-refractivity contribution in [3.63, 3.8) is 0 Å². The maximum atomic E-state index is 12.6. The molecule has 0 fully saturated rings. The first-order valence-electron chi connectivity index (χ1n) is 9.80. The maximum absolute atomic E-state index is 12.6. The normalized spacial score (nSPS) is 10.9. The molecule has 4 aromatic carbocycles. The number of fused-ring (bicyclic) bond motifs is 1. The smallest absolute Gasteiger partial charge is 0.344 e. The monoisotopic (exact) mass is 408 g/mol. The minimum absolute atomic E-state index is 0.281. The van der Waals surface area contributed by atoms with Gasteiger partial charge < -0.3 is 4.74 Å². The molecule has 0 saturated carbocycles. The molecule has 0 saturated heterocycles. The van der Waals surface area contributed by atoms with Crippen LogP contribution in [0.5, 0.6) is 5.75 Å². The van der Waals surface area contributed by atoms with E-state index in [0.717, 1.165) is 21.9 Å². The van der Waals surface area contributed by atoms with Crippen LogP contribution < -0.4 is 10.2 Å². The van der Waals surface area contributed by atoms with Crippen molar-refractivity contribution in [2.24, 2.45) is 5.10 Å². The average Bonchev–Trinajstić information content (AvgIpc) is 2.80. The van der Waals surface area contributed by atoms with Gasteiger partial charge in [0.1, 0.15) is 5.75 Å². The summed E-state index contributed by atoms with van der Waals surface area (Å²) < 4.78 is 5.52. The molecule has 1 N–H and O–H groups in total. The fraction of sp³-hybridized carbons (Fsp3) is 0.0385. The van der Waals surface area contributed by atoms with Gasteiger partial charge in [0.15, 0.2) is 0 Å². The number of benzene rings is 4. The molecule has 0 radical (unpaired) electrons. The van der Waals surface area contributed by atoms with Crippen molar-refractivity contribution >= 4 is 28.9 Å². The molecule has 0 aliphatic rings. The largest absolute Gasteiger partial charge is 0.423 e. The summed E-state index contributed by atoms with van der Waals surface area (Å²) in [5.74, 6) is -0.265. The van der Waals surface area contributed by atoms with Gasteiger partial charge in [-0.25, -0.2) is 10.2 Å². The zero-order valence-corrected chi connectivity index (χ0v) is 16.9. The van der Waals surface area contributed by atoms with Crippen molar-refractivity contribution in [1.82, 2.24) is 5.43 Å². The van der Waals surface area contributed by atoms with Crippen LogP contribution in [0.1, 0.15) is 31.8 Å². The highest BCUT2D eigenvalue weighted by molar-refractivity contribution is 6.05. The summed E-state index contributed by atoms with van der Waals surface area (Å²) in [5.41, 5.74) is 5.40. The molecule has 5 nitrogen and oxygen atoms in total. The third kappa shape index (κ3) is 4.85. The minimum atomic E-state index is -0.413. The number of hydrazone groups is 1. The first-order chi connectivity index (χ1) is 15.1. The molecular weight excluding hydrogens is 388 g/mol. The summed E-state index contributed by atoms with van der Waals surface area (Å²) >= 11 is 0. The van der Waals surface area contributed by atoms with Gasteiger partial charge >= 0.3 is 5.97 Å². The van der Waals surface area contributed by atoms with Crippen LogP contribution in [-0.2, 0) is 0 Å². The summed E-state index contributed by atoms with van der Waals surface area (Å²) in [6, 6.07) is 27.4. The molecule has 0 aromatic heterocycles. The van der Waals surface area contributed by atoms with Crippen molar-refractivity contribution in [1.29, 1.82) is 0 Å². The van der Waals surface area contributed by atoms with Gasteiger partial charge in [-0.3, -0.25) is 4.79 Å². The maximum Gasteiger partial charge on any atom is 0.344 e. The molecule has 4 rings (SSSR count). The molecule has 0 atom stereocenters. The number of esters is 1. The van der Waals surface area contributed by atoms with E-state index in [4.69, 9.17) is 4.74 Å². The summed E-state index contributed by atoms with van der Waals surface area (Å²) in [7, 11) is 0. The second kappa shape index (κ2) is 9.05. The standard InChI is InChI=1S/C26H20N2O3/c1-18-9-13-21(14-10-18)25(29)28-27-17-19-11-15-22(16-12-19)31-26(30)24-8-4-6-20-5-2-3-7-23(20)24/h2-17H,1H3,(H,28,29)/b27-17-. The lowest BCUT2D eigenvalue weighted by atomic mass is 10.0. The Bertz CT molecular complexity index is 1250. The molecule has 31 heavy (non-hydrogen) atoms. The number of aryl methyl sites for hydroxylation is 1. The van der Waals surface area contributed by atoms with Crippen molar-refractivity contribution < 1.29 is 14.3 Å². The Labute approximate surface area is 180 Å². The Hall–Kier alpha value is -4.25. The lowest BCUT2D eigenvalue weighted by Crippen LogP contribution is -2.17. The Morgan fingerprint density at radius 2 is 1.55 bits per heavy atom. The number of hydrogen-bond acceptors (Lipinski definition) is 4. The number of nitrogens with zero attached hydrogens (tertiary/aromatic N) is 1. The highest BCUT2D eigenvalue weighted by atomic mass is 16.5. The Morgan fingerprint density at radius 3 is 2.32 bits per heavy atom. The van der Waals surface area contributed by atoms with Crippen LogP contribution in [-0.4, -0.2) is 18.1 Å². The van der Waals surface area contributed by atoms with Crippen molar-refractivity contribution in [3.05, 3.63) is 113 Å². The molecule has 0 bridgehead atoms. The van der Waals surface area contributed by atoms with Crippen molar-refractivity contribution in [2.75, 3.05) is 0 Å². The van der Waals surface area contributed by atoms with Crippen LogP contribution in [0, 0.1) is 6.92 Å². The van der Waals surface area contributed by atoms with Crippen LogP contribution in [0.25, 0.3) is 10.8 Å². The Balaban J connectivity index is 1.39. The van der Waals surface area contributed by atoms with E-state index in [0.29, 0.717) is 16.9 Å². The molecule has 5 heteroatoms. The third-order valence-corrected chi connectivity index (χ3v) is 4.79. The van der Waals surface area contributed by atoms with Gasteiger partial charge in [0, 0.05) is 5.56 Å². The first kappa shape index (κ1) is 20.0. The number of rotatable bonds is 5. The van der Waals surface area contributed by atoms with E-state index in [1.54, 1.807) is 42.5 Å². The van der Waals surface area contributed by atoms with Gasteiger partial charge in [-0.2, -0.15) is 5.10 Å². The van der Waals surface area contributed by atoms with Crippen molar-refractivity contribution in [3.8, 4) is 5.75 Å². The molecular formula is C26H20N2O3. The Morgan fingerprint density at radius 1 is 0.839 bits per heavy atom. The molecule has 0 unspecified atom stereocenters. The van der Waals surface area contributed by atoms with E-state index in [-0.39, 0.29) is 5.91 Å². The molecule has 4 aromatic rings. The highest BCUT2D eigenvalue weighted by Crippen LogP contribution is 2.21. The second-order valence-electron chi connectivity index (χ2n) is 7.05. The zero-order chi connectivity index (χ0) is 21.6. The van der Waals surface area contributed by atoms with E-state index < -0.39 is 5.97 Å². The van der Waals surface area contributed by atoms with Crippen LogP contribution in [0.15, 0.2) is 96.1 Å². The quantitative estimate of drug-likeness (QED) is 0.215. The van der Waals surface area contributed by atoms with Gasteiger partial charge in [0.2, 0.25) is 0 Å². The summed E-state index contributed by atoms with van der Waals surface area (Å²) in [6.07, 6.45) is 1.53. The summed E-state index contributed by atoms with van der Waals surface area (Å²) in [6.45, 7) is 1.96. The van der Waals surface area contributed by atoms with E-state index >= 15 is 0 Å². The van der Waals surface area contributed by atoms with Crippen molar-refractivity contribution in [2.45, 2.75) is 6.92 Å². The fourth-order valence-corrected chi connectivity index (χ4v) is 3.12. The first-order valence-corrected chi connectivity index (χ1v) is 9.80. The van der Waals surface area contributed by atoms with Gasteiger partial charge in [0.25, 0.3) is 5.91 Å². The number of hydrogen-bond donors (Lipinski definition) is 1. The zero-order valence-electron chi connectivity index (χ0n) is 16.9. The van der Waals surface area contributed by atoms with Crippen LogP contribution in [0.4, 0.5) is 0 Å². The predicted molar refractivity (Wildman–Crippen MR) is 122 cm³/mol. The number of carbonyl (C=O) groups excluding carboxylic acids is 2. The Kier molecular flexibility index (Phi) is 5.85. The summed E-state index contributed by atoms with van der Waals surface area (Å²) in [5, 5.41) is 5.81. The highest BCUT2D eigenvalue weighted by Gasteiger charge is 2.12. The van der Waals surface area contributed by atoms with E-state index in [2.05, 4.69) is 10.5 Å². The summed E-state index contributed by atoms with van der Waals surface area (Å²) in [4.78, 5) is 24.7. The van der Waals surface area contributed by atoms with Gasteiger partial charge in [0.05, 0.1) is 11.8 Å². The second-order valence-corrected chi connectivity index (χ2v) is 7.05. The van der Waals surface area contributed by atoms with E-state index in [1.807, 2.05) is 55.5 Å². The topological polar surface area (TPSA) is 67.8 Å². The number of amides is 1. The number of nitrogens with one attached hydrogen (secondary N) is 1. The molecule has 0 aliphatic heterocycles. The van der Waals surface area contributed by atoms with Gasteiger partial charge in [-0.15, -0.1) is 0 Å². The number of ether oxygens (including phenoxy) is 1. The predicted octanol–water partition coefficient (Wildman–Crippen LogP) is 5.13. The van der Waals surface area contributed by atoms with Crippen LogP contribution >= 0.6 is 0 Å². The molecule has 1 amide bonds. The lowest BCUT2D eigenvalue weighted by molar-refractivity contribution is 0.0736. The third-order valence-electron chi connectivity index (χ3n) is 4.79. The SMILES string of the molecule is Cc1ccc(C(=O)N/N=C\c2ccc(OC(=O)c3cccc4ccccc34)cc2)cc1. The fourth-order valence-electron chi connectivity index (χ4n) is 3.12. The molecule has 0 spiro atoms.